The smallest absolute Gasteiger partial charge is 0.145 e. The molecule has 264 valence electrons. The van der Waals surface area contributed by atoms with E-state index >= 15 is 0 Å². The number of furan rings is 1. The fraction of sp³-hybridized carbons (Fsp3) is 0.0192. The molecule has 11 rings (SSSR count). The van der Waals surface area contributed by atoms with Gasteiger partial charge in [0, 0.05) is 38.5 Å². The standard InChI is InChI=1S/C52H35N3O/c1-3-13-34(14-4-1)38-17-11-18-39(31-38)46-33-45(36-15-5-2-6-16-36)53-52(54-46)37-27-25-35(26-28-37)41-21-12-23-48-51(41)43-20-7-9-22-47(43)55(48)40-29-30-50-44(32-40)42-19-8-10-24-49(42)56-50/h1-33,52-53H. The number of nitrogens with one attached hydrogen (secondary N) is 1. The molecule has 0 bridgehead atoms. The van der Waals surface area contributed by atoms with Crippen LogP contribution in [0.2, 0.25) is 0 Å². The Morgan fingerprint density at radius 2 is 1.12 bits per heavy atom. The SMILES string of the molecule is C1=C(c2ccccc2)NC(c2ccc(-c3cccc4c3c3ccccc3n4-c3ccc4oc5ccccc5c4c3)cc2)N=C1c1cccc(-c2ccccc2)c1. The first-order valence-electron chi connectivity index (χ1n) is 19.1. The summed E-state index contributed by atoms with van der Waals surface area (Å²) < 4.78 is 8.57. The molecule has 3 heterocycles. The second-order valence-corrected chi connectivity index (χ2v) is 14.4. The van der Waals surface area contributed by atoms with E-state index in [1.165, 1.54) is 38.5 Å². The van der Waals surface area contributed by atoms with Crippen LogP contribution in [0.1, 0.15) is 22.9 Å². The highest BCUT2D eigenvalue weighted by molar-refractivity contribution is 6.16. The van der Waals surface area contributed by atoms with Gasteiger partial charge in [-0.3, -0.25) is 4.99 Å². The summed E-state index contributed by atoms with van der Waals surface area (Å²) in [4.78, 5) is 5.32. The van der Waals surface area contributed by atoms with Crippen LogP contribution in [-0.2, 0) is 0 Å². The Labute approximate surface area is 324 Å². The van der Waals surface area contributed by atoms with E-state index in [2.05, 4.69) is 198 Å². The largest absolute Gasteiger partial charge is 0.456 e. The van der Waals surface area contributed by atoms with Crippen LogP contribution >= 0.6 is 0 Å². The molecule has 4 heteroatoms. The Morgan fingerprint density at radius 1 is 0.464 bits per heavy atom. The van der Waals surface area contributed by atoms with Crippen LogP contribution < -0.4 is 5.32 Å². The Hall–Kier alpha value is -7.43. The van der Waals surface area contributed by atoms with E-state index < -0.39 is 0 Å². The molecule has 8 aromatic carbocycles. The number of para-hydroxylation sites is 2. The molecule has 0 spiro atoms. The van der Waals surface area contributed by atoms with Gasteiger partial charge in [-0.15, -0.1) is 0 Å². The van der Waals surface area contributed by atoms with Crippen molar-refractivity contribution in [2.75, 3.05) is 0 Å². The molecule has 2 aromatic heterocycles. The summed E-state index contributed by atoms with van der Waals surface area (Å²) in [5.41, 5.74) is 15.3. The van der Waals surface area contributed by atoms with E-state index in [4.69, 9.17) is 9.41 Å². The topological polar surface area (TPSA) is 42.5 Å². The third-order valence-corrected chi connectivity index (χ3v) is 11.0. The third-order valence-electron chi connectivity index (χ3n) is 11.0. The maximum atomic E-state index is 6.18. The van der Waals surface area contributed by atoms with Crippen LogP contribution in [0.4, 0.5) is 0 Å². The Morgan fingerprint density at radius 3 is 1.96 bits per heavy atom. The Kier molecular flexibility index (Phi) is 7.52. The second kappa shape index (κ2) is 13.2. The monoisotopic (exact) mass is 717 g/mol. The number of aromatic nitrogens is 1. The van der Waals surface area contributed by atoms with Gasteiger partial charge in [0.1, 0.15) is 17.3 Å². The second-order valence-electron chi connectivity index (χ2n) is 14.4. The zero-order chi connectivity index (χ0) is 37.0. The quantitative estimate of drug-likeness (QED) is 0.186. The van der Waals surface area contributed by atoms with Crippen LogP contribution in [0.3, 0.4) is 0 Å². The third kappa shape index (κ3) is 5.42. The molecule has 1 N–H and O–H groups in total. The predicted molar refractivity (Wildman–Crippen MR) is 232 cm³/mol. The summed E-state index contributed by atoms with van der Waals surface area (Å²) in [6, 6.07) is 68.8. The first kappa shape index (κ1) is 32.0. The van der Waals surface area contributed by atoms with E-state index in [-0.39, 0.29) is 6.17 Å². The van der Waals surface area contributed by atoms with Gasteiger partial charge >= 0.3 is 0 Å². The zero-order valence-electron chi connectivity index (χ0n) is 30.4. The summed E-state index contributed by atoms with van der Waals surface area (Å²) in [5.74, 6) is 0. The summed E-state index contributed by atoms with van der Waals surface area (Å²) >= 11 is 0. The number of benzene rings is 8. The zero-order valence-corrected chi connectivity index (χ0v) is 30.4. The van der Waals surface area contributed by atoms with Crippen molar-refractivity contribution < 1.29 is 4.42 Å². The summed E-state index contributed by atoms with van der Waals surface area (Å²) in [6.45, 7) is 0. The maximum Gasteiger partial charge on any atom is 0.145 e. The van der Waals surface area contributed by atoms with Gasteiger partial charge in [0.05, 0.1) is 16.7 Å². The molecule has 56 heavy (non-hydrogen) atoms. The van der Waals surface area contributed by atoms with Gasteiger partial charge in [-0.05, 0) is 81.9 Å². The molecule has 1 atom stereocenters. The van der Waals surface area contributed by atoms with Gasteiger partial charge in [-0.1, -0.05) is 152 Å². The van der Waals surface area contributed by atoms with Crippen LogP contribution in [0.15, 0.2) is 210 Å². The van der Waals surface area contributed by atoms with Gasteiger partial charge in [0.15, 0.2) is 0 Å². The van der Waals surface area contributed by atoms with Gasteiger partial charge < -0.3 is 14.3 Å². The van der Waals surface area contributed by atoms with Crippen LogP contribution in [0.25, 0.3) is 77.4 Å². The normalized spacial score (nSPS) is 14.2. The molecule has 0 amide bonds. The van der Waals surface area contributed by atoms with Gasteiger partial charge in [-0.25, -0.2) is 0 Å². The average Bonchev–Trinajstić information content (AvgIpc) is 3.82. The van der Waals surface area contributed by atoms with Crippen LogP contribution in [0, 0.1) is 0 Å². The molecule has 10 aromatic rings. The number of hydrogen-bond donors (Lipinski definition) is 1. The number of rotatable bonds is 6. The number of fused-ring (bicyclic) bond motifs is 6. The van der Waals surface area contributed by atoms with Gasteiger partial charge in [-0.2, -0.15) is 0 Å². The Bertz CT molecular complexity index is 3150. The van der Waals surface area contributed by atoms with Crippen molar-refractivity contribution in [2.45, 2.75) is 6.17 Å². The van der Waals surface area contributed by atoms with Crippen molar-refractivity contribution in [2.24, 2.45) is 4.99 Å². The van der Waals surface area contributed by atoms with E-state index in [0.717, 1.165) is 61.3 Å². The number of allylic oxidation sites excluding steroid dienone is 1. The molecular weight excluding hydrogens is 683 g/mol. The van der Waals surface area contributed by atoms with E-state index in [0.29, 0.717) is 0 Å². The van der Waals surface area contributed by atoms with Crippen molar-refractivity contribution in [1.82, 2.24) is 9.88 Å². The minimum absolute atomic E-state index is 0.258. The van der Waals surface area contributed by atoms with Gasteiger partial charge in [0.2, 0.25) is 0 Å². The van der Waals surface area contributed by atoms with E-state index in [1.54, 1.807) is 0 Å². The van der Waals surface area contributed by atoms with Crippen molar-refractivity contribution in [3.05, 3.63) is 217 Å². The van der Waals surface area contributed by atoms with Crippen molar-refractivity contribution in [3.63, 3.8) is 0 Å². The summed E-state index contributed by atoms with van der Waals surface area (Å²) in [7, 11) is 0. The number of aliphatic imine (C=N–C) groups is 1. The molecular formula is C52H35N3O. The fourth-order valence-corrected chi connectivity index (χ4v) is 8.36. The van der Waals surface area contributed by atoms with E-state index in [9.17, 15) is 0 Å². The fourth-order valence-electron chi connectivity index (χ4n) is 8.36. The highest BCUT2D eigenvalue weighted by Crippen LogP contribution is 2.40. The molecule has 1 aliphatic heterocycles. The predicted octanol–water partition coefficient (Wildman–Crippen LogP) is 13.1. The maximum absolute atomic E-state index is 6.18. The molecule has 4 nitrogen and oxygen atoms in total. The highest BCUT2D eigenvalue weighted by atomic mass is 16.3. The molecule has 0 fully saturated rings. The molecule has 0 saturated carbocycles. The first-order chi connectivity index (χ1) is 27.7. The molecule has 1 aliphatic rings. The summed E-state index contributed by atoms with van der Waals surface area (Å²) in [6.07, 6.45) is 1.92. The minimum Gasteiger partial charge on any atom is -0.456 e. The van der Waals surface area contributed by atoms with Crippen LogP contribution in [-0.4, -0.2) is 10.3 Å². The lowest BCUT2D eigenvalue weighted by molar-refractivity contribution is 0.664. The molecule has 0 radical (unpaired) electrons. The highest BCUT2D eigenvalue weighted by Gasteiger charge is 2.21. The van der Waals surface area contributed by atoms with Crippen molar-refractivity contribution >= 4 is 55.2 Å². The van der Waals surface area contributed by atoms with Crippen molar-refractivity contribution in [1.29, 1.82) is 0 Å². The lowest BCUT2D eigenvalue weighted by atomic mass is 9.96. The van der Waals surface area contributed by atoms with Crippen LogP contribution in [0.5, 0.6) is 0 Å². The lowest BCUT2D eigenvalue weighted by Gasteiger charge is -2.25. The molecule has 0 aliphatic carbocycles. The average molecular weight is 718 g/mol. The van der Waals surface area contributed by atoms with E-state index in [1.807, 2.05) is 12.1 Å². The Balaban J connectivity index is 0.996. The number of nitrogens with zero attached hydrogens (tertiary/aromatic N) is 2. The molecule has 1 unspecified atom stereocenters. The number of hydrogen-bond acceptors (Lipinski definition) is 3. The lowest BCUT2D eigenvalue weighted by Crippen LogP contribution is -2.24. The first-order valence-corrected chi connectivity index (χ1v) is 19.1. The van der Waals surface area contributed by atoms with Crippen molar-refractivity contribution in [3.8, 4) is 27.9 Å². The molecule has 0 saturated heterocycles. The van der Waals surface area contributed by atoms with Gasteiger partial charge in [0.25, 0.3) is 0 Å². The summed E-state index contributed by atoms with van der Waals surface area (Å²) in [5, 5.41) is 8.45. The minimum atomic E-state index is -0.258.